The summed E-state index contributed by atoms with van der Waals surface area (Å²) in [4.78, 5) is 0. The Morgan fingerprint density at radius 3 is 2.88 bits per heavy atom. The Labute approximate surface area is 142 Å². The van der Waals surface area contributed by atoms with Gasteiger partial charge in [-0.15, -0.1) is 0 Å². The Bertz CT molecular complexity index is 804. The van der Waals surface area contributed by atoms with Crippen molar-refractivity contribution < 1.29 is 13.2 Å². The lowest BCUT2D eigenvalue weighted by atomic mass is 10.2. The van der Waals surface area contributed by atoms with Crippen molar-refractivity contribution in [2.75, 3.05) is 11.3 Å². The van der Waals surface area contributed by atoms with Crippen LogP contribution in [0, 0.1) is 6.92 Å². The summed E-state index contributed by atoms with van der Waals surface area (Å²) in [6.45, 7) is 3.41. The molecule has 1 aliphatic heterocycles. The molecule has 0 amide bonds. The zero-order valence-corrected chi connectivity index (χ0v) is 14.4. The lowest BCUT2D eigenvalue weighted by molar-refractivity contribution is 0.0940. The molecule has 7 heteroatoms. The number of hydrogen-bond acceptors (Lipinski definition) is 4. The largest absolute Gasteiger partial charge is 0.376 e. The molecule has 1 aromatic heterocycles. The highest BCUT2D eigenvalue weighted by Crippen LogP contribution is 2.16. The number of rotatable bonds is 6. The van der Waals surface area contributed by atoms with Gasteiger partial charge in [-0.3, -0.25) is 9.40 Å². The van der Waals surface area contributed by atoms with Gasteiger partial charge in [-0.05, 0) is 31.4 Å². The first-order chi connectivity index (χ1) is 11.5. The maximum atomic E-state index is 12.1. The number of benzene rings is 1. The molecule has 24 heavy (non-hydrogen) atoms. The van der Waals surface area contributed by atoms with Crippen molar-refractivity contribution in [3.8, 4) is 0 Å². The SMILES string of the molecule is Cc1ccc(/C=C\S(=O)(=O)Nc2cnn(C[C@H]3CCCO3)c2)cc1. The Kier molecular flexibility index (Phi) is 5.01. The van der Waals surface area contributed by atoms with Crippen molar-refractivity contribution in [1.82, 2.24) is 9.78 Å². The van der Waals surface area contributed by atoms with Crippen LogP contribution in [0.2, 0.25) is 0 Å². The molecular weight excluding hydrogens is 326 g/mol. The van der Waals surface area contributed by atoms with Crippen LogP contribution in [0.15, 0.2) is 42.1 Å². The van der Waals surface area contributed by atoms with E-state index in [1.807, 2.05) is 31.2 Å². The molecule has 0 saturated carbocycles. The minimum absolute atomic E-state index is 0.163. The molecule has 128 valence electrons. The molecule has 0 spiro atoms. The summed E-state index contributed by atoms with van der Waals surface area (Å²) in [5.74, 6) is 0. The lowest BCUT2D eigenvalue weighted by Crippen LogP contribution is -2.15. The standard InChI is InChI=1S/C17H21N3O3S/c1-14-4-6-15(7-5-14)8-10-24(21,22)19-16-11-18-20(12-16)13-17-3-2-9-23-17/h4-8,10-12,17,19H,2-3,9,13H2,1H3/b10-8-/t17-/m1/s1. The topological polar surface area (TPSA) is 73.2 Å². The predicted octanol–water partition coefficient (Wildman–Crippen LogP) is 2.78. The Hall–Kier alpha value is -2.12. The van der Waals surface area contributed by atoms with E-state index < -0.39 is 10.0 Å². The fourth-order valence-corrected chi connectivity index (χ4v) is 3.40. The molecule has 2 aromatic rings. The number of hydrogen-bond donors (Lipinski definition) is 1. The molecule has 0 radical (unpaired) electrons. The van der Waals surface area contributed by atoms with Gasteiger partial charge in [0.15, 0.2) is 0 Å². The Morgan fingerprint density at radius 2 is 2.17 bits per heavy atom. The zero-order valence-electron chi connectivity index (χ0n) is 13.6. The third-order valence-corrected chi connectivity index (χ3v) is 4.84. The van der Waals surface area contributed by atoms with E-state index >= 15 is 0 Å². The maximum absolute atomic E-state index is 12.1. The van der Waals surface area contributed by atoms with E-state index in [1.165, 1.54) is 6.20 Å². The summed E-state index contributed by atoms with van der Waals surface area (Å²) in [5.41, 5.74) is 2.41. The second kappa shape index (κ2) is 7.19. The quantitative estimate of drug-likeness (QED) is 0.872. The second-order valence-corrected chi connectivity index (χ2v) is 7.51. The molecule has 0 bridgehead atoms. The molecule has 6 nitrogen and oxygen atoms in total. The minimum Gasteiger partial charge on any atom is -0.376 e. The van der Waals surface area contributed by atoms with Crippen molar-refractivity contribution in [1.29, 1.82) is 0 Å². The lowest BCUT2D eigenvalue weighted by Gasteiger charge is -2.08. The van der Waals surface area contributed by atoms with E-state index in [-0.39, 0.29) is 6.10 Å². The normalized spacial score (nSPS) is 18.3. The first-order valence-corrected chi connectivity index (χ1v) is 9.46. The number of aromatic nitrogens is 2. The molecule has 0 aliphatic carbocycles. The van der Waals surface area contributed by atoms with Crippen molar-refractivity contribution in [2.24, 2.45) is 0 Å². The number of nitrogens with zero attached hydrogens (tertiary/aromatic N) is 2. The molecule has 1 saturated heterocycles. The molecule has 0 unspecified atom stereocenters. The van der Waals surface area contributed by atoms with Crippen LogP contribution in [0.25, 0.3) is 6.08 Å². The number of aryl methyl sites for hydroxylation is 1. The van der Waals surface area contributed by atoms with Crippen LogP contribution in [0.4, 0.5) is 5.69 Å². The van der Waals surface area contributed by atoms with Gasteiger partial charge in [0, 0.05) is 12.8 Å². The third kappa shape index (κ3) is 4.69. The molecule has 1 aliphatic rings. The molecule has 1 fully saturated rings. The van der Waals surface area contributed by atoms with Crippen LogP contribution in [0.1, 0.15) is 24.0 Å². The highest BCUT2D eigenvalue weighted by atomic mass is 32.2. The van der Waals surface area contributed by atoms with Crippen LogP contribution in [-0.2, 0) is 21.3 Å². The van der Waals surface area contributed by atoms with Gasteiger partial charge >= 0.3 is 0 Å². The Balaban J connectivity index is 1.61. The summed E-state index contributed by atoms with van der Waals surface area (Å²) < 4.78 is 34.0. The first-order valence-electron chi connectivity index (χ1n) is 7.92. The molecule has 1 atom stereocenters. The van der Waals surface area contributed by atoms with Crippen LogP contribution in [-0.4, -0.2) is 30.9 Å². The molecule has 1 aromatic carbocycles. The summed E-state index contributed by atoms with van der Waals surface area (Å²) in [6.07, 6.45) is 7.00. The highest BCUT2D eigenvalue weighted by Gasteiger charge is 2.16. The van der Waals surface area contributed by atoms with Crippen LogP contribution >= 0.6 is 0 Å². The van der Waals surface area contributed by atoms with Gasteiger partial charge < -0.3 is 4.74 Å². The summed E-state index contributed by atoms with van der Waals surface area (Å²) >= 11 is 0. The van der Waals surface area contributed by atoms with Gasteiger partial charge in [0.25, 0.3) is 10.0 Å². The van der Waals surface area contributed by atoms with E-state index in [9.17, 15) is 8.42 Å². The van der Waals surface area contributed by atoms with Crippen LogP contribution < -0.4 is 4.72 Å². The number of anilines is 1. The first kappa shape index (κ1) is 16.7. The second-order valence-electron chi connectivity index (χ2n) is 5.95. The predicted molar refractivity (Wildman–Crippen MR) is 94.0 cm³/mol. The number of nitrogens with one attached hydrogen (secondary N) is 1. The van der Waals surface area contributed by atoms with E-state index in [1.54, 1.807) is 17.0 Å². The van der Waals surface area contributed by atoms with Gasteiger partial charge in [0.2, 0.25) is 0 Å². The molecular formula is C17H21N3O3S. The van der Waals surface area contributed by atoms with Gasteiger partial charge in [-0.1, -0.05) is 29.8 Å². The van der Waals surface area contributed by atoms with E-state index in [0.29, 0.717) is 12.2 Å². The zero-order chi connectivity index (χ0) is 17.0. The average Bonchev–Trinajstić information content (AvgIpc) is 3.19. The summed E-state index contributed by atoms with van der Waals surface area (Å²) in [5, 5.41) is 5.34. The van der Waals surface area contributed by atoms with E-state index in [4.69, 9.17) is 4.74 Å². The van der Waals surface area contributed by atoms with Gasteiger partial charge in [-0.2, -0.15) is 5.10 Å². The van der Waals surface area contributed by atoms with E-state index in [0.717, 1.165) is 36.0 Å². The summed E-state index contributed by atoms with van der Waals surface area (Å²) in [6, 6.07) is 7.63. The van der Waals surface area contributed by atoms with Gasteiger partial charge in [0.1, 0.15) is 0 Å². The Morgan fingerprint density at radius 1 is 1.38 bits per heavy atom. The fourth-order valence-electron chi connectivity index (χ4n) is 2.56. The summed E-state index contributed by atoms with van der Waals surface area (Å²) in [7, 11) is -3.57. The average molecular weight is 347 g/mol. The van der Waals surface area contributed by atoms with Crippen molar-refractivity contribution in [2.45, 2.75) is 32.4 Å². The molecule has 3 rings (SSSR count). The third-order valence-electron chi connectivity index (χ3n) is 3.83. The van der Waals surface area contributed by atoms with Crippen molar-refractivity contribution in [3.05, 3.63) is 53.2 Å². The van der Waals surface area contributed by atoms with Gasteiger partial charge in [-0.25, -0.2) is 8.42 Å². The fraction of sp³-hybridized carbons (Fsp3) is 0.353. The molecule has 1 N–H and O–H groups in total. The smallest absolute Gasteiger partial charge is 0.255 e. The minimum atomic E-state index is -3.57. The monoisotopic (exact) mass is 347 g/mol. The van der Waals surface area contributed by atoms with Crippen molar-refractivity contribution >= 4 is 21.8 Å². The number of ether oxygens (including phenoxy) is 1. The highest BCUT2D eigenvalue weighted by molar-refractivity contribution is 7.95. The maximum Gasteiger partial charge on any atom is 0.255 e. The van der Waals surface area contributed by atoms with Crippen molar-refractivity contribution in [3.63, 3.8) is 0 Å². The van der Waals surface area contributed by atoms with Gasteiger partial charge in [0.05, 0.1) is 29.9 Å². The van der Waals surface area contributed by atoms with Crippen LogP contribution in [0.3, 0.4) is 0 Å². The van der Waals surface area contributed by atoms with Crippen LogP contribution in [0.5, 0.6) is 0 Å². The number of sulfonamides is 1. The van der Waals surface area contributed by atoms with E-state index in [2.05, 4.69) is 9.82 Å². The molecule has 2 heterocycles.